The monoisotopic (exact) mass is 214 g/mol. The first-order valence-corrected chi connectivity index (χ1v) is 5.51. The van der Waals surface area contributed by atoms with Crippen LogP contribution in [0.1, 0.15) is 18.1 Å². The van der Waals surface area contributed by atoms with Crippen LogP contribution < -0.4 is 4.74 Å². The summed E-state index contributed by atoms with van der Waals surface area (Å²) < 4.78 is 25.3. The van der Waals surface area contributed by atoms with Crippen LogP contribution in [0.3, 0.4) is 0 Å². The lowest BCUT2D eigenvalue weighted by molar-refractivity contribution is 0.337. The van der Waals surface area contributed by atoms with E-state index in [-0.39, 0.29) is 0 Å². The minimum absolute atomic E-state index is 0.450. The van der Waals surface area contributed by atoms with Crippen LogP contribution in [0.5, 0.6) is 5.75 Å². The van der Waals surface area contributed by atoms with Gasteiger partial charge in [-0.15, -0.1) is 0 Å². The largest absolute Gasteiger partial charge is 0.494 e. The molecule has 78 valence electrons. The van der Waals surface area contributed by atoms with E-state index < -0.39 is 11.1 Å². The van der Waals surface area contributed by atoms with E-state index in [4.69, 9.17) is 9.29 Å². The van der Waals surface area contributed by atoms with Gasteiger partial charge in [0.1, 0.15) is 5.75 Å². The van der Waals surface area contributed by atoms with Gasteiger partial charge in [0.15, 0.2) is 11.1 Å². The molecule has 0 saturated carbocycles. The van der Waals surface area contributed by atoms with Crippen molar-refractivity contribution in [1.82, 2.24) is 0 Å². The highest BCUT2D eigenvalue weighted by molar-refractivity contribution is 7.79. The molecule has 0 aliphatic carbocycles. The first-order valence-electron chi connectivity index (χ1n) is 4.41. The predicted octanol–water partition coefficient (Wildman–Crippen LogP) is 2.28. The minimum atomic E-state index is -1.92. The van der Waals surface area contributed by atoms with Gasteiger partial charge >= 0.3 is 0 Å². The molecule has 0 aliphatic heterocycles. The fourth-order valence-corrected chi connectivity index (χ4v) is 1.87. The summed E-state index contributed by atoms with van der Waals surface area (Å²) >= 11 is -1.92. The van der Waals surface area contributed by atoms with Crippen LogP contribution in [-0.2, 0) is 11.1 Å². The molecule has 0 radical (unpaired) electrons. The zero-order valence-corrected chi connectivity index (χ0v) is 9.35. The molecule has 0 fully saturated rings. The lowest BCUT2D eigenvalue weighted by Gasteiger charge is -2.10. The third kappa shape index (κ3) is 2.33. The molecule has 1 atom stereocenters. The SMILES string of the molecule is CCOc1cc(C)c(S(=O)O)cc1C. The Morgan fingerprint density at radius 3 is 2.50 bits per heavy atom. The van der Waals surface area contributed by atoms with Crippen LogP contribution in [0.15, 0.2) is 17.0 Å². The fraction of sp³-hybridized carbons (Fsp3) is 0.400. The van der Waals surface area contributed by atoms with Gasteiger partial charge in [0, 0.05) is 0 Å². The van der Waals surface area contributed by atoms with E-state index in [1.807, 2.05) is 13.8 Å². The average Bonchev–Trinajstić information content (AvgIpc) is 2.10. The van der Waals surface area contributed by atoms with Crippen molar-refractivity contribution in [3.8, 4) is 5.75 Å². The highest BCUT2D eigenvalue weighted by Gasteiger charge is 2.08. The van der Waals surface area contributed by atoms with E-state index in [1.54, 1.807) is 19.1 Å². The second kappa shape index (κ2) is 4.57. The molecule has 0 amide bonds. The molecule has 1 rings (SSSR count). The molecule has 1 unspecified atom stereocenters. The van der Waals surface area contributed by atoms with Crippen molar-refractivity contribution in [3.63, 3.8) is 0 Å². The summed E-state index contributed by atoms with van der Waals surface area (Å²) in [4.78, 5) is 0.450. The highest BCUT2D eigenvalue weighted by Crippen LogP contribution is 2.24. The Hall–Kier alpha value is -0.870. The van der Waals surface area contributed by atoms with Crippen molar-refractivity contribution in [3.05, 3.63) is 23.3 Å². The molecule has 0 aliphatic rings. The van der Waals surface area contributed by atoms with Crippen LogP contribution in [0.2, 0.25) is 0 Å². The Balaban J connectivity index is 3.17. The van der Waals surface area contributed by atoms with E-state index in [1.165, 1.54) is 0 Å². The molecule has 1 N–H and O–H groups in total. The number of rotatable bonds is 3. The first kappa shape index (κ1) is 11.2. The molecule has 4 heteroatoms. The van der Waals surface area contributed by atoms with Crippen molar-refractivity contribution in [2.45, 2.75) is 25.7 Å². The molecule has 14 heavy (non-hydrogen) atoms. The first-order chi connectivity index (χ1) is 6.56. The molecule has 0 heterocycles. The van der Waals surface area contributed by atoms with E-state index in [0.29, 0.717) is 11.5 Å². The lowest BCUT2D eigenvalue weighted by Crippen LogP contribution is -1.98. The number of ether oxygens (including phenoxy) is 1. The summed E-state index contributed by atoms with van der Waals surface area (Å²) in [6, 6.07) is 3.48. The summed E-state index contributed by atoms with van der Waals surface area (Å²) in [6.45, 7) is 6.17. The van der Waals surface area contributed by atoms with Crippen LogP contribution in [0.4, 0.5) is 0 Å². The van der Waals surface area contributed by atoms with Gasteiger partial charge in [-0.2, -0.15) is 0 Å². The maximum absolute atomic E-state index is 10.9. The maximum Gasteiger partial charge on any atom is 0.186 e. The summed E-state index contributed by atoms with van der Waals surface area (Å²) in [7, 11) is 0. The molecular formula is C10H14O3S. The van der Waals surface area contributed by atoms with Gasteiger partial charge in [0.05, 0.1) is 11.5 Å². The fourth-order valence-electron chi connectivity index (χ4n) is 1.26. The molecule has 1 aromatic carbocycles. The molecule has 0 aromatic heterocycles. The number of benzene rings is 1. The van der Waals surface area contributed by atoms with Crippen LogP contribution >= 0.6 is 0 Å². The lowest BCUT2D eigenvalue weighted by atomic mass is 10.1. The summed E-state index contributed by atoms with van der Waals surface area (Å²) in [5, 5.41) is 0. The van der Waals surface area contributed by atoms with Gasteiger partial charge in [-0.1, -0.05) is 0 Å². The van der Waals surface area contributed by atoms with Gasteiger partial charge < -0.3 is 9.29 Å². The zero-order valence-electron chi connectivity index (χ0n) is 8.53. The van der Waals surface area contributed by atoms with E-state index >= 15 is 0 Å². The maximum atomic E-state index is 10.9. The highest BCUT2D eigenvalue weighted by atomic mass is 32.2. The summed E-state index contributed by atoms with van der Waals surface area (Å²) in [5.74, 6) is 0.777. The van der Waals surface area contributed by atoms with Crippen molar-refractivity contribution < 1.29 is 13.5 Å². The Morgan fingerprint density at radius 2 is 2.00 bits per heavy atom. The molecule has 0 spiro atoms. The van der Waals surface area contributed by atoms with Crippen molar-refractivity contribution in [2.24, 2.45) is 0 Å². The van der Waals surface area contributed by atoms with E-state index in [0.717, 1.165) is 16.9 Å². The summed E-state index contributed by atoms with van der Waals surface area (Å²) in [6.07, 6.45) is 0. The average molecular weight is 214 g/mol. The third-order valence-electron chi connectivity index (χ3n) is 1.96. The second-order valence-corrected chi connectivity index (χ2v) is 4.00. The molecule has 0 saturated heterocycles. The Bertz CT molecular complexity index is 361. The predicted molar refractivity (Wildman–Crippen MR) is 56.1 cm³/mol. The molecule has 3 nitrogen and oxygen atoms in total. The molecular weight excluding hydrogens is 200 g/mol. The quantitative estimate of drug-likeness (QED) is 0.785. The van der Waals surface area contributed by atoms with Crippen LogP contribution in [0, 0.1) is 13.8 Å². The number of hydrogen-bond donors (Lipinski definition) is 1. The normalized spacial score (nSPS) is 12.6. The van der Waals surface area contributed by atoms with Crippen molar-refractivity contribution in [1.29, 1.82) is 0 Å². The van der Waals surface area contributed by atoms with Gasteiger partial charge in [-0.05, 0) is 44.0 Å². The van der Waals surface area contributed by atoms with Crippen LogP contribution in [-0.4, -0.2) is 15.4 Å². The topological polar surface area (TPSA) is 46.5 Å². The smallest absolute Gasteiger partial charge is 0.186 e. The van der Waals surface area contributed by atoms with Crippen molar-refractivity contribution >= 4 is 11.1 Å². The zero-order chi connectivity index (χ0) is 10.7. The van der Waals surface area contributed by atoms with E-state index in [2.05, 4.69) is 0 Å². The third-order valence-corrected chi connectivity index (χ3v) is 2.78. The molecule has 1 aromatic rings. The Kier molecular flexibility index (Phi) is 3.66. The van der Waals surface area contributed by atoms with Gasteiger partial charge in [-0.25, -0.2) is 4.21 Å². The molecule has 0 bridgehead atoms. The number of hydrogen-bond acceptors (Lipinski definition) is 2. The summed E-state index contributed by atoms with van der Waals surface area (Å²) in [5.41, 5.74) is 1.66. The van der Waals surface area contributed by atoms with Crippen LogP contribution in [0.25, 0.3) is 0 Å². The van der Waals surface area contributed by atoms with E-state index in [9.17, 15) is 4.21 Å². The van der Waals surface area contributed by atoms with Gasteiger partial charge in [0.25, 0.3) is 0 Å². The van der Waals surface area contributed by atoms with Gasteiger partial charge in [-0.3, -0.25) is 0 Å². The Morgan fingerprint density at radius 1 is 1.36 bits per heavy atom. The Labute approximate surface area is 86.4 Å². The van der Waals surface area contributed by atoms with Crippen molar-refractivity contribution in [2.75, 3.05) is 6.61 Å². The minimum Gasteiger partial charge on any atom is -0.494 e. The van der Waals surface area contributed by atoms with Gasteiger partial charge in [0.2, 0.25) is 0 Å². The standard InChI is InChI=1S/C10H14O3S/c1-4-13-9-5-8(3)10(14(11)12)6-7(9)2/h5-6H,4H2,1-3H3,(H,11,12). The number of aryl methyl sites for hydroxylation is 2. The second-order valence-electron chi connectivity index (χ2n) is 3.07.